The summed E-state index contributed by atoms with van der Waals surface area (Å²) >= 11 is 3.13. The van der Waals surface area contributed by atoms with E-state index in [1.807, 2.05) is 0 Å². The van der Waals surface area contributed by atoms with E-state index >= 15 is 0 Å². The van der Waals surface area contributed by atoms with E-state index in [-0.39, 0.29) is 12.2 Å². The van der Waals surface area contributed by atoms with Gasteiger partial charge in [-0.2, -0.15) is 0 Å². The predicted molar refractivity (Wildman–Crippen MR) is 75.2 cm³/mol. The largest absolute Gasteiger partial charge is 0.391 e. The third kappa shape index (κ3) is 3.35. The van der Waals surface area contributed by atoms with Gasteiger partial charge in [0.15, 0.2) is 9.84 Å². The molecule has 0 bridgehead atoms. The average Bonchev–Trinajstić information content (AvgIpc) is 2.34. The van der Waals surface area contributed by atoms with Gasteiger partial charge in [0, 0.05) is 6.42 Å². The highest BCUT2D eigenvalue weighted by Crippen LogP contribution is 2.27. The molecular weight excluding hydrogens is 335 g/mol. The number of halogens is 2. The lowest BCUT2D eigenvalue weighted by Gasteiger charge is -2.27. The number of aliphatic hydroxyl groups is 1. The summed E-state index contributed by atoms with van der Waals surface area (Å²) in [7, 11) is -3.22. The van der Waals surface area contributed by atoms with Crippen molar-refractivity contribution in [3.05, 3.63) is 34.1 Å². The summed E-state index contributed by atoms with van der Waals surface area (Å²) in [5.74, 6) is -0.268. The maximum absolute atomic E-state index is 13.4. The molecule has 3 nitrogen and oxygen atoms in total. The predicted octanol–water partition coefficient (Wildman–Crippen LogP) is 2.46. The van der Waals surface area contributed by atoms with Crippen molar-refractivity contribution in [2.75, 3.05) is 5.75 Å². The first-order valence-electron chi connectivity index (χ1n) is 6.24. The molecule has 1 fully saturated rings. The number of hydrogen-bond acceptors (Lipinski definition) is 3. The van der Waals surface area contributed by atoms with Crippen molar-refractivity contribution < 1.29 is 17.9 Å². The standard InChI is InChI=1S/C13H16BrFO3S/c14-13-9(4-3-5-10(13)15)8-11(16)12-6-1-2-7-19(12,17)18/h3-5,11-12,16H,1-2,6-8H2. The third-order valence-corrected chi connectivity index (χ3v) is 6.74. The van der Waals surface area contributed by atoms with E-state index in [0.29, 0.717) is 22.9 Å². The van der Waals surface area contributed by atoms with Gasteiger partial charge in [-0.15, -0.1) is 0 Å². The Kier molecular flexibility index (Phi) is 4.63. The average molecular weight is 351 g/mol. The Hall–Kier alpha value is -0.460. The van der Waals surface area contributed by atoms with Crippen LogP contribution < -0.4 is 0 Å². The van der Waals surface area contributed by atoms with Gasteiger partial charge in [-0.05, 0) is 40.4 Å². The van der Waals surface area contributed by atoms with E-state index in [4.69, 9.17) is 0 Å². The SMILES string of the molecule is O=S1(=O)CCCCC1C(O)Cc1cccc(F)c1Br. The molecule has 0 amide bonds. The molecule has 0 aliphatic carbocycles. The lowest BCUT2D eigenvalue weighted by molar-refractivity contribution is 0.161. The first kappa shape index (κ1) is 14.9. The van der Waals surface area contributed by atoms with Crippen molar-refractivity contribution in [1.82, 2.24) is 0 Å². The van der Waals surface area contributed by atoms with Gasteiger partial charge in [0.05, 0.1) is 21.6 Å². The minimum atomic E-state index is -3.22. The quantitative estimate of drug-likeness (QED) is 0.910. The normalized spacial score (nSPS) is 24.1. The smallest absolute Gasteiger partial charge is 0.155 e. The first-order chi connectivity index (χ1) is 8.92. The number of sulfone groups is 1. The number of rotatable bonds is 3. The van der Waals surface area contributed by atoms with Gasteiger partial charge in [-0.3, -0.25) is 0 Å². The molecule has 2 atom stereocenters. The van der Waals surface area contributed by atoms with Gasteiger partial charge in [-0.25, -0.2) is 12.8 Å². The van der Waals surface area contributed by atoms with E-state index in [1.54, 1.807) is 12.1 Å². The van der Waals surface area contributed by atoms with Crippen LogP contribution in [0.2, 0.25) is 0 Å². The Morgan fingerprint density at radius 1 is 1.42 bits per heavy atom. The fourth-order valence-electron chi connectivity index (χ4n) is 2.47. The molecule has 0 aromatic heterocycles. The second-order valence-corrected chi connectivity index (χ2v) is 8.02. The zero-order valence-electron chi connectivity index (χ0n) is 10.4. The van der Waals surface area contributed by atoms with Crippen LogP contribution in [0.25, 0.3) is 0 Å². The van der Waals surface area contributed by atoms with Crippen molar-refractivity contribution in [1.29, 1.82) is 0 Å². The van der Waals surface area contributed by atoms with Crippen molar-refractivity contribution in [2.45, 2.75) is 37.0 Å². The topological polar surface area (TPSA) is 54.4 Å². The van der Waals surface area contributed by atoms with Gasteiger partial charge in [-0.1, -0.05) is 18.6 Å². The number of aliphatic hydroxyl groups excluding tert-OH is 1. The van der Waals surface area contributed by atoms with Crippen molar-refractivity contribution in [2.24, 2.45) is 0 Å². The molecule has 6 heteroatoms. The highest BCUT2D eigenvalue weighted by molar-refractivity contribution is 9.10. The lowest BCUT2D eigenvalue weighted by atomic mass is 10.0. The highest BCUT2D eigenvalue weighted by atomic mass is 79.9. The second kappa shape index (κ2) is 5.89. The molecule has 1 aromatic rings. The molecule has 0 radical (unpaired) electrons. The minimum absolute atomic E-state index is 0.138. The fraction of sp³-hybridized carbons (Fsp3) is 0.538. The molecule has 19 heavy (non-hydrogen) atoms. The Labute approximate surface area is 120 Å². The van der Waals surface area contributed by atoms with Crippen LogP contribution in [0, 0.1) is 5.82 Å². The Morgan fingerprint density at radius 3 is 2.84 bits per heavy atom. The molecule has 2 unspecified atom stereocenters. The molecule has 106 valence electrons. The summed E-state index contributed by atoms with van der Waals surface area (Å²) in [5, 5.41) is 9.43. The van der Waals surface area contributed by atoms with E-state index in [2.05, 4.69) is 15.9 Å². The van der Waals surface area contributed by atoms with E-state index < -0.39 is 27.0 Å². The Balaban J connectivity index is 2.16. The van der Waals surface area contributed by atoms with E-state index in [9.17, 15) is 17.9 Å². The van der Waals surface area contributed by atoms with E-state index in [1.165, 1.54) is 6.07 Å². The van der Waals surface area contributed by atoms with Crippen LogP contribution in [-0.2, 0) is 16.3 Å². The van der Waals surface area contributed by atoms with Crippen LogP contribution in [0.3, 0.4) is 0 Å². The van der Waals surface area contributed by atoms with Crippen LogP contribution in [0.1, 0.15) is 24.8 Å². The Bertz CT molecular complexity index is 559. The molecule has 1 heterocycles. The molecule has 1 saturated heterocycles. The molecule has 1 N–H and O–H groups in total. The maximum atomic E-state index is 13.4. The molecule has 1 aliphatic rings. The fourth-order valence-corrected chi connectivity index (χ4v) is 4.91. The van der Waals surface area contributed by atoms with Crippen molar-refractivity contribution in [3.8, 4) is 0 Å². The first-order valence-corrected chi connectivity index (χ1v) is 8.75. The van der Waals surface area contributed by atoms with Crippen LogP contribution in [0.4, 0.5) is 4.39 Å². The van der Waals surface area contributed by atoms with Crippen LogP contribution >= 0.6 is 15.9 Å². The monoisotopic (exact) mass is 350 g/mol. The summed E-state index contributed by atoms with van der Waals surface area (Å²) in [5.41, 5.74) is 0.591. The minimum Gasteiger partial charge on any atom is -0.391 e. The molecular formula is C13H16BrFO3S. The Morgan fingerprint density at radius 2 is 2.16 bits per heavy atom. The zero-order chi connectivity index (χ0) is 14.0. The number of hydrogen-bond donors (Lipinski definition) is 1. The van der Waals surface area contributed by atoms with Gasteiger partial charge in [0.2, 0.25) is 0 Å². The molecule has 0 spiro atoms. The summed E-state index contributed by atoms with van der Waals surface area (Å²) in [6, 6.07) is 4.56. The van der Waals surface area contributed by atoms with Gasteiger partial charge in [0.1, 0.15) is 5.82 Å². The molecule has 1 aromatic carbocycles. The lowest BCUT2D eigenvalue weighted by Crippen LogP contribution is -2.39. The highest BCUT2D eigenvalue weighted by Gasteiger charge is 2.34. The van der Waals surface area contributed by atoms with Crippen LogP contribution in [-0.4, -0.2) is 30.6 Å². The number of benzene rings is 1. The van der Waals surface area contributed by atoms with Crippen molar-refractivity contribution in [3.63, 3.8) is 0 Å². The van der Waals surface area contributed by atoms with Gasteiger partial charge >= 0.3 is 0 Å². The molecule has 1 aliphatic heterocycles. The van der Waals surface area contributed by atoms with E-state index in [0.717, 1.165) is 6.42 Å². The second-order valence-electron chi connectivity index (χ2n) is 4.89. The van der Waals surface area contributed by atoms with Gasteiger partial charge < -0.3 is 5.11 Å². The molecule has 0 saturated carbocycles. The summed E-state index contributed by atoms with van der Waals surface area (Å²) in [6.07, 6.45) is 1.11. The van der Waals surface area contributed by atoms with Crippen LogP contribution in [0.15, 0.2) is 22.7 Å². The third-order valence-electron chi connectivity index (χ3n) is 3.52. The van der Waals surface area contributed by atoms with Gasteiger partial charge in [0.25, 0.3) is 0 Å². The summed E-state index contributed by atoms with van der Waals surface area (Å²) in [6.45, 7) is 0. The summed E-state index contributed by atoms with van der Waals surface area (Å²) in [4.78, 5) is 0. The maximum Gasteiger partial charge on any atom is 0.155 e. The van der Waals surface area contributed by atoms with Crippen LogP contribution in [0.5, 0.6) is 0 Å². The summed E-state index contributed by atoms with van der Waals surface area (Å²) < 4.78 is 37.5. The zero-order valence-corrected chi connectivity index (χ0v) is 12.8. The molecule has 2 rings (SSSR count). The van der Waals surface area contributed by atoms with Crippen molar-refractivity contribution >= 4 is 25.8 Å².